The van der Waals surface area contributed by atoms with Gasteiger partial charge in [-0.25, -0.2) is 4.39 Å². The van der Waals surface area contributed by atoms with E-state index in [2.05, 4.69) is 20.9 Å². The smallest absolute Gasteiger partial charge is 0.401 e. The fourth-order valence-electron chi connectivity index (χ4n) is 5.81. The first-order valence-electron chi connectivity index (χ1n) is 12.6. The minimum absolute atomic E-state index is 0.00612. The first kappa shape index (κ1) is 30.6. The molecule has 0 N–H and O–H groups in total. The summed E-state index contributed by atoms with van der Waals surface area (Å²) in [4.78, 5) is 18.3. The van der Waals surface area contributed by atoms with Gasteiger partial charge in [-0.1, -0.05) is 68.1 Å². The van der Waals surface area contributed by atoms with Crippen LogP contribution in [-0.4, -0.2) is 30.5 Å². The lowest BCUT2D eigenvalue weighted by Crippen LogP contribution is -2.54. The molecule has 0 saturated heterocycles. The molecule has 1 heterocycles. The van der Waals surface area contributed by atoms with E-state index < -0.39 is 41.9 Å². The number of esters is 1. The van der Waals surface area contributed by atoms with Gasteiger partial charge < -0.3 is 4.74 Å². The summed E-state index contributed by atoms with van der Waals surface area (Å²) < 4.78 is 65.9. The highest BCUT2D eigenvalue weighted by Crippen LogP contribution is 2.53. The predicted octanol–water partition coefficient (Wildman–Crippen LogP) is 9.47. The van der Waals surface area contributed by atoms with Gasteiger partial charge in [0.15, 0.2) is 0 Å². The highest BCUT2D eigenvalue weighted by atomic mass is 79.9. The van der Waals surface area contributed by atoms with Crippen molar-refractivity contribution in [2.75, 3.05) is 6.54 Å². The molecule has 0 radical (unpaired) electrons. The molecule has 0 amide bonds. The fraction of sp³-hybridized carbons (Fsp3) is 0.500. The Morgan fingerprint density at radius 2 is 1.77 bits per heavy atom. The maximum Gasteiger partial charge on any atom is 0.401 e. The normalized spacial score (nSPS) is 27.5. The molecule has 1 aliphatic carbocycles. The molecule has 1 fully saturated rings. The standard InChI is InChI=1S/C28H27BrCl3F4NO2/c1-13(2)17-6-4-14(3)8-22(17)39-26(38)23-25(15-5-7-21(33)18(29)9-15)37-12-27(23,28(34,35)36)16-10-19(30)24(32)20(31)11-16/h5,7,9-11,13-14,17,22-23H,4,6,8,12H2,1-3H3/t14-,17+,22-,23-,27-/m1/s1. The Bertz CT molecular complexity index is 1280. The van der Waals surface area contributed by atoms with E-state index in [-0.39, 0.29) is 54.1 Å². The van der Waals surface area contributed by atoms with Crippen molar-refractivity contribution in [2.24, 2.45) is 28.7 Å². The zero-order valence-electron chi connectivity index (χ0n) is 21.4. The Labute approximate surface area is 248 Å². The van der Waals surface area contributed by atoms with Crippen molar-refractivity contribution in [3.63, 3.8) is 0 Å². The monoisotopic (exact) mass is 669 g/mol. The molecule has 2 aliphatic rings. The van der Waals surface area contributed by atoms with Crippen molar-refractivity contribution in [1.82, 2.24) is 0 Å². The van der Waals surface area contributed by atoms with Gasteiger partial charge in [0.2, 0.25) is 0 Å². The topological polar surface area (TPSA) is 38.7 Å². The SMILES string of the molecule is CC(C)[C@@H]1CC[C@@H](C)C[C@H]1OC(=O)[C@H]1C(c2ccc(F)c(Br)c2)=NC[C@]1(c1cc(Cl)c(Cl)c(Cl)c1)C(F)(F)F. The number of benzene rings is 2. The average Bonchev–Trinajstić information content (AvgIpc) is 3.26. The second kappa shape index (κ2) is 11.5. The summed E-state index contributed by atoms with van der Waals surface area (Å²) in [5.41, 5.74) is -3.18. The third-order valence-corrected chi connectivity index (χ3v) is 9.75. The third kappa shape index (κ3) is 5.73. The van der Waals surface area contributed by atoms with Gasteiger partial charge in [-0.05, 0) is 81.9 Å². The van der Waals surface area contributed by atoms with Crippen molar-refractivity contribution in [3.8, 4) is 0 Å². The Morgan fingerprint density at radius 3 is 2.33 bits per heavy atom. The van der Waals surface area contributed by atoms with Crippen molar-refractivity contribution in [2.45, 2.75) is 57.7 Å². The molecule has 1 saturated carbocycles. The summed E-state index contributed by atoms with van der Waals surface area (Å²) in [6.07, 6.45) is -3.22. The number of carbonyl (C=O) groups excluding carboxylic acids is 1. The van der Waals surface area contributed by atoms with Crippen LogP contribution in [0.2, 0.25) is 15.1 Å². The van der Waals surface area contributed by atoms with Crippen LogP contribution in [0.25, 0.3) is 0 Å². The first-order valence-corrected chi connectivity index (χ1v) is 14.5. The molecule has 0 spiro atoms. The summed E-state index contributed by atoms with van der Waals surface area (Å²) in [6, 6.07) is 5.85. The summed E-state index contributed by atoms with van der Waals surface area (Å²) >= 11 is 21.5. The molecule has 2 aromatic carbocycles. The second-order valence-corrected chi connectivity index (χ2v) is 12.8. The molecule has 2 aromatic rings. The maximum atomic E-state index is 15.3. The number of ether oxygens (including phenoxy) is 1. The zero-order chi connectivity index (χ0) is 28.9. The van der Waals surface area contributed by atoms with Gasteiger partial charge in [-0.2, -0.15) is 13.2 Å². The van der Waals surface area contributed by atoms with E-state index in [4.69, 9.17) is 39.5 Å². The van der Waals surface area contributed by atoms with Gasteiger partial charge in [-0.3, -0.25) is 9.79 Å². The molecule has 212 valence electrons. The lowest BCUT2D eigenvalue weighted by Gasteiger charge is -2.40. The third-order valence-electron chi connectivity index (χ3n) is 7.95. The molecule has 0 aromatic heterocycles. The summed E-state index contributed by atoms with van der Waals surface area (Å²) in [5.74, 6) is -3.12. The number of halogens is 8. The molecule has 1 aliphatic heterocycles. The van der Waals surface area contributed by atoms with Crippen LogP contribution in [0.1, 0.15) is 51.2 Å². The lowest BCUT2D eigenvalue weighted by atomic mass is 9.68. The fourth-order valence-corrected chi connectivity index (χ4v) is 6.78. The van der Waals surface area contributed by atoms with Crippen molar-refractivity contribution in [3.05, 3.63) is 66.8 Å². The molecule has 3 nitrogen and oxygen atoms in total. The predicted molar refractivity (Wildman–Crippen MR) is 149 cm³/mol. The number of hydrogen-bond acceptors (Lipinski definition) is 3. The van der Waals surface area contributed by atoms with E-state index in [0.717, 1.165) is 31.0 Å². The zero-order valence-corrected chi connectivity index (χ0v) is 25.2. The van der Waals surface area contributed by atoms with E-state index in [1.807, 2.05) is 20.8 Å². The van der Waals surface area contributed by atoms with Gasteiger partial charge in [0.25, 0.3) is 0 Å². The Morgan fingerprint density at radius 1 is 1.13 bits per heavy atom. The van der Waals surface area contributed by atoms with Crippen LogP contribution >= 0.6 is 50.7 Å². The van der Waals surface area contributed by atoms with E-state index in [1.54, 1.807) is 0 Å². The number of aliphatic imine (C=N–C) groups is 1. The minimum atomic E-state index is -4.98. The van der Waals surface area contributed by atoms with Crippen LogP contribution in [0.4, 0.5) is 17.6 Å². The van der Waals surface area contributed by atoms with E-state index >= 15 is 13.2 Å². The molecule has 5 atom stereocenters. The van der Waals surface area contributed by atoms with Gasteiger partial charge in [0.1, 0.15) is 23.3 Å². The summed E-state index contributed by atoms with van der Waals surface area (Å²) in [5, 5.41) is -0.473. The van der Waals surface area contributed by atoms with Crippen LogP contribution < -0.4 is 0 Å². The highest BCUT2D eigenvalue weighted by molar-refractivity contribution is 9.10. The molecule has 0 bridgehead atoms. The summed E-state index contributed by atoms with van der Waals surface area (Å²) in [7, 11) is 0. The molecular weight excluding hydrogens is 645 g/mol. The van der Waals surface area contributed by atoms with E-state index in [0.29, 0.717) is 6.42 Å². The molecule has 39 heavy (non-hydrogen) atoms. The van der Waals surface area contributed by atoms with E-state index in [1.165, 1.54) is 12.1 Å². The molecular formula is C28H27BrCl3F4NO2. The van der Waals surface area contributed by atoms with E-state index in [9.17, 15) is 9.18 Å². The average molecular weight is 672 g/mol. The first-order chi connectivity index (χ1) is 18.2. The molecule has 11 heteroatoms. The van der Waals surface area contributed by atoms with Crippen LogP contribution in [0.15, 0.2) is 39.8 Å². The van der Waals surface area contributed by atoms with Gasteiger partial charge >= 0.3 is 12.1 Å². The quantitative estimate of drug-likeness (QED) is 0.181. The van der Waals surface area contributed by atoms with Gasteiger partial charge in [0, 0.05) is 0 Å². The number of rotatable bonds is 5. The number of nitrogens with zero attached hydrogens (tertiary/aromatic N) is 1. The van der Waals surface area contributed by atoms with Crippen LogP contribution in [0.5, 0.6) is 0 Å². The number of carbonyl (C=O) groups is 1. The number of alkyl halides is 3. The Hall–Kier alpha value is -1.35. The van der Waals surface area contributed by atoms with Gasteiger partial charge in [-0.15, -0.1) is 0 Å². The van der Waals surface area contributed by atoms with Crippen LogP contribution in [0.3, 0.4) is 0 Å². The van der Waals surface area contributed by atoms with Gasteiger partial charge in [0.05, 0.1) is 31.8 Å². The second-order valence-electron chi connectivity index (χ2n) is 10.8. The Kier molecular flexibility index (Phi) is 9.02. The minimum Gasteiger partial charge on any atom is -0.462 e. The highest BCUT2D eigenvalue weighted by Gasteiger charge is 2.67. The lowest BCUT2D eigenvalue weighted by molar-refractivity contribution is -0.204. The Balaban J connectivity index is 1.88. The summed E-state index contributed by atoms with van der Waals surface area (Å²) in [6.45, 7) is 5.24. The molecule has 0 unspecified atom stereocenters. The van der Waals surface area contributed by atoms with Crippen molar-refractivity contribution in [1.29, 1.82) is 0 Å². The van der Waals surface area contributed by atoms with Crippen molar-refractivity contribution < 1.29 is 27.1 Å². The van der Waals surface area contributed by atoms with Crippen molar-refractivity contribution >= 4 is 62.4 Å². The molecule has 4 rings (SSSR count). The van der Waals surface area contributed by atoms with Crippen LogP contribution in [0, 0.1) is 29.5 Å². The maximum absolute atomic E-state index is 15.3. The van der Waals surface area contributed by atoms with Crippen LogP contribution in [-0.2, 0) is 14.9 Å². The largest absolute Gasteiger partial charge is 0.462 e. The number of hydrogen-bond donors (Lipinski definition) is 0.